The SMILES string of the molecule is CS(=O)CCCNc1nc2ccccc2cc1C#N. The number of nitrogens with zero attached hydrogens (tertiary/aromatic N) is 2. The fourth-order valence-electron chi connectivity index (χ4n) is 1.82. The molecule has 0 spiro atoms. The number of para-hydroxylation sites is 1. The first-order chi connectivity index (χ1) is 9.20. The monoisotopic (exact) mass is 273 g/mol. The van der Waals surface area contributed by atoms with Crippen LogP contribution in [0.1, 0.15) is 12.0 Å². The van der Waals surface area contributed by atoms with E-state index in [1.54, 1.807) is 6.26 Å². The van der Waals surface area contributed by atoms with E-state index < -0.39 is 10.8 Å². The highest BCUT2D eigenvalue weighted by Crippen LogP contribution is 2.19. The van der Waals surface area contributed by atoms with Crippen molar-refractivity contribution in [2.75, 3.05) is 23.9 Å². The molecule has 1 aromatic carbocycles. The van der Waals surface area contributed by atoms with Crippen molar-refractivity contribution in [3.8, 4) is 6.07 Å². The molecule has 2 aromatic rings. The Morgan fingerprint density at radius 2 is 2.21 bits per heavy atom. The lowest BCUT2D eigenvalue weighted by Gasteiger charge is -2.08. The molecule has 0 amide bonds. The van der Waals surface area contributed by atoms with E-state index in [2.05, 4.69) is 16.4 Å². The van der Waals surface area contributed by atoms with Gasteiger partial charge in [0.15, 0.2) is 0 Å². The Morgan fingerprint density at radius 1 is 1.42 bits per heavy atom. The second-order valence-corrected chi connectivity index (χ2v) is 5.80. The van der Waals surface area contributed by atoms with Crippen LogP contribution in [0.15, 0.2) is 30.3 Å². The third-order valence-electron chi connectivity index (χ3n) is 2.75. The van der Waals surface area contributed by atoms with Crippen LogP contribution in [0.4, 0.5) is 5.82 Å². The Balaban J connectivity index is 2.17. The fourth-order valence-corrected chi connectivity index (χ4v) is 2.37. The molecule has 1 aromatic heterocycles. The van der Waals surface area contributed by atoms with E-state index in [1.165, 1.54) is 0 Å². The van der Waals surface area contributed by atoms with E-state index >= 15 is 0 Å². The topological polar surface area (TPSA) is 65.8 Å². The number of rotatable bonds is 5. The molecule has 0 aliphatic heterocycles. The summed E-state index contributed by atoms with van der Waals surface area (Å²) in [5, 5.41) is 13.2. The third kappa shape index (κ3) is 3.52. The number of hydrogen-bond acceptors (Lipinski definition) is 4. The maximum Gasteiger partial charge on any atom is 0.144 e. The van der Waals surface area contributed by atoms with E-state index in [0.29, 0.717) is 23.7 Å². The molecule has 98 valence electrons. The molecule has 1 unspecified atom stereocenters. The van der Waals surface area contributed by atoms with Crippen molar-refractivity contribution in [1.82, 2.24) is 4.98 Å². The van der Waals surface area contributed by atoms with E-state index in [0.717, 1.165) is 17.3 Å². The van der Waals surface area contributed by atoms with Crippen molar-refractivity contribution in [3.05, 3.63) is 35.9 Å². The number of nitriles is 1. The van der Waals surface area contributed by atoms with Crippen LogP contribution >= 0.6 is 0 Å². The first-order valence-corrected chi connectivity index (χ1v) is 7.77. The predicted octanol–water partition coefficient (Wildman–Crippen LogP) is 2.29. The van der Waals surface area contributed by atoms with Crippen LogP contribution in [0, 0.1) is 11.3 Å². The summed E-state index contributed by atoms with van der Waals surface area (Å²) in [6, 6.07) is 11.7. The molecule has 4 nitrogen and oxygen atoms in total. The second-order valence-electron chi connectivity index (χ2n) is 4.25. The average molecular weight is 273 g/mol. The van der Waals surface area contributed by atoms with Crippen LogP contribution in [0.2, 0.25) is 0 Å². The van der Waals surface area contributed by atoms with Gasteiger partial charge >= 0.3 is 0 Å². The van der Waals surface area contributed by atoms with Crippen molar-refractivity contribution < 1.29 is 4.21 Å². The molecule has 0 saturated carbocycles. The normalized spacial score (nSPS) is 12.0. The molecule has 1 heterocycles. The van der Waals surface area contributed by atoms with Gasteiger partial charge in [-0.2, -0.15) is 5.26 Å². The zero-order chi connectivity index (χ0) is 13.7. The van der Waals surface area contributed by atoms with E-state index in [4.69, 9.17) is 5.26 Å². The zero-order valence-electron chi connectivity index (χ0n) is 10.7. The van der Waals surface area contributed by atoms with Crippen LogP contribution in [0.5, 0.6) is 0 Å². The van der Waals surface area contributed by atoms with E-state index in [9.17, 15) is 4.21 Å². The summed E-state index contributed by atoms with van der Waals surface area (Å²) in [4.78, 5) is 4.45. The molecule has 0 radical (unpaired) electrons. The largest absolute Gasteiger partial charge is 0.369 e. The number of benzene rings is 1. The molecule has 0 bridgehead atoms. The summed E-state index contributed by atoms with van der Waals surface area (Å²) >= 11 is 0. The first-order valence-electron chi connectivity index (χ1n) is 6.04. The lowest BCUT2D eigenvalue weighted by molar-refractivity contribution is 0.685. The standard InChI is InChI=1S/C14H15N3OS/c1-19(18)8-4-7-16-14-12(10-15)9-11-5-2-3-6-13(11)17-14/h2-3,5-6,9H,4,7-8H2,1H3,(H,16,17). The Morgan fingerprint density at radius 3 is 2.95 bits per heavy atom. The van der Waals surface area contributed by atoms with Gasteiger partial charge in [0, 0.05) is 34.7 Å². The Hall–Kier alpha value is -1.93. The fraction of sp³-hybridized carbons (Fsp3) is 0.286. The Labute approximate surface area is 114 Å². The van der Waals surface area contributed by atoms with Gasteiger partial charge in [-0.15, -0.1) is 0 Å². The minimum atomic E-state index is -0.778. The second kappa shape index (κ2) is 6.30. The van der Waals surface area contributed by atoms with Crippen LogP contribution in [-0.2, 0) is 10.8 Å². The minimum Gasteiger partial charge on any atom is -0.369 e. The number of anilines is 1. The molecular formula is C14H15N3OS. The molecule has 5 heteroatoms. The zero-order valence-corrected chi connectivity index (χ0v) is 11.5. The molecule has 0 fully saturated rings. The summed E-state index contributed by atoms with van der Waals surface area (Å²) in [5.41, 5.74) is 1.40. The summed E-state index contributed by atoms with van der Waals surface area (Å²) in [6.07, 6.45) is 2.48. The van der Waals surface area contributed by atoms with Gasteiger partial charge in [0.1, 0.15) is 11.9 Å². The molecular weight excluding hydrogens is 258 g/mol. The molecule has 0 saturated heterocycles. The molecule has 0 aliphatic rings. The first kappa shape index (κ1) is 13.5. The van der Waals surface area contributed by atoms with Crippen molar-refractivity contribution in [3.63, 3.8) is 0 Å². The number of aromatic nitrogens is 1. The van der Waals surface area contributed by atoms with Crippen molar-refractivity contribution in [2.45, 2.75) is 6.42 Å². The summed E-state index contributed by atoms with van der Waals surface area (Å²) < 4.78 is 11.0. The van der Waals surface area contributed by atoms with Gasteiger partial charge in [-0.25, -0.2) is 4.98 Å². The highest BCUT2D eigenvalue weighted by atomic mass is 32.2. The highest BCUT2D eigenvalue weighted by molar-refractivity contribution is 7.84. The van der Waals surface area contributed by atoms with Gasteiger partial charge in [0.25, 0.3) is 0 Å². The smallest absolute Gasteiger partial charge is 0.144 e. The minimum absolute atomic E-state index is 0.538. The number of fused-ring (bicyclic) bond motifs is 1. The van der Waals surface area contributed by atoms with E-state index in [-0.39, 0.29) is 0 Å². The summed E-state index contributed by atoms with van der Waals surface area (Å²) in [5.74, 6) is 1.26. The lowest BCUT2D eigenvalue weighted by atomic mass is 10.1. The van der Waals surface area contributed by atoms with E-state index in [1.807, 2.05) is 30.3 Å². The van der Waals surface area contributed by atoms with Gasteiger partial charge < -0.3 is 5.32 Å². The molecule has 2 rings (SSSR count). The average Bonchev–Trinajstić information content (AvgIpc) is 2.42. The van der Waals surface area contributed by atoms with Crippen molar-refractivity contribution in [1.29, 1.82) is 5.26 Å². The number of pyridine rings is 1. The van der Waals surface area contributed by atoms with Crippen molar-refractivity contribution in [2.24, 2.45) is 0 Å². The van der Waals surface area contributed by atoms with Crippen molar-refractivity contribution >= 4 is 27.5 Å². The van der Waals surface area contributed by atoms with Gasteiger partial charge in [0.05, 0.1) is 11.1 Å². The van der Waals surface area contributed by atoms with Gasteiger partial charge in [-0.05, 0) is 18.6 Å². The molecule has 1 atom stereocenters. The quantitative estimate of drug-likeness (QED) is 0.849. The van der Waals surface area contributed by atoms with Crippen LogP contribution in [0.25, 0.3) is 10.9 Å². The maximum atomic E-state index is 11.0. The van der Waals surface area contributed by atoms with Gasteiger partial charge in [-0.1, -0.05) is 18.2 Å². The number of hydrogen-bond donors (Lipinski definition) is 1. The van der Waals surface area contributed by atoms with Gasteiger partial charge in [-0.3, -0.25) is 4.21 Å². The van der Waals surface area contributed by atoms with Crippen LogP contribution < -0.4 is 5.32 Å². The molecule has 1 N–H and O–H groups in total. The van der Waals surface area contributed by atoms with Crippen LogP contribution in [-0.4, -0.2) is 27.7 Å². The molecule has 19 heavy (non-hydrogen) atoms. The maximum absolute atomic E-state index is 11.0. The molecule has 0 aliphatic carbocycles. The summed E-state index contributed by atoms with van der Waals surface area (Å²) in [6.45, 7) is 0.666. The lowest BCUT2D eigenvalue weighted by Crippen LogP contribution is -2.08. The highest BCUT2D eigenvalue weighted by Gasteiger charge is 2.05. The predicted molar refractivity (Wildman–Crippen MR) is 78.5 cm³/mol. The Kier molecular flexibility index (Phi) is 4.48. The Bertz CT molecular complexity index is 649. The number of nitrogens with one attached hydrogen (secondary N) is 1. The van der Waals surface area contributed by atoms with Crippen LogP contribution in [0.3, 0.4) is 0 Å². The summed E-state index contributed by atoms with van der Waals surface area (Å²) in [7, 11) is -0.778. The van der Waals surface area contributed by atoms with Gasteiger partial charge in [0.2, 0.25) is 0 Å². The third-order valence-corrected chi connectivity index (χ3v) is 3.61.